The highest BCUT2D eigenvalue weighted by Gasteiger charge is 2.67. The maximum atomic E-state index is 11.8. The van der Waals surface area contributed by atoms with E-state index in [-0.39, 0.29) is 23.6 Å². The van der Waals surface area contributed by atoms with Crippen LogP contribution in [0.3, 0.4) is 0 Å². The molecule has 0 atom stereocenters. The second-order valence-electron chi connectivity index (χ2n) is 5.54. The Hall–Kier alpha value is -1.41. The molecule has 3 fully saturated rings. The topological polar surface area (TPSA) is 70.3 Å². The van der Waals surface area contributed by atoms with Crippen molar-refractivity contribution in [3.05, 3.63) is 18.0 Å². The van der Waals surface area contributed by atoms with Gasteiger partial charge in [0.15, 0.2) is 0 Å². The number of hydrogen-bond acceptors (Lipinski definition) is 5. The summed E-state index contributed by atoms with van der Waals surface area (Å²) in [7, 11) is 0. The zero-order valence-electron chi connectivity index (χ0n) is 10.6. The summed E-state index contributed by atoms with van der Waals surface area (Å²) in [5, 5.41) is 0. The molecule has 110 valence electrons. The summed E-state index contributed by atoms with van der Waals surface area (Å²) in [5.74, 6) is 0. The average Bonchev–Trinajstić information content (AvgIpc) is 2.29. The fraction of sp³-hybridized carbons (Fsp3) is 0.667. The van der Waals surface area contributed by atoms with Gasteiger partial charge < -0.3 is 10.5 Å². The molecule has 3 saturated carbocycles. The average molecular weight is 289 g/mol. The van der Waals surface area contributed by atoms with E-state index in [9.17, 15) is 13.2 Å². The predicted octanol–water partition coefficient (Wildman–Crippen LogP) is 1.52. The summed E-state index contributed by atoms with van der Waals surface area (Å²) in [6.45, 7) is -0.842. The fourth-order valence-corrected chi connectivity index (χ4v) is 3.13. The first kappa shape index (κ1) is 13.6. The number of halogens is 3. The van der Waals surface area contributed by atoms with Crippen LogP contribution in [0, 0.1) is 0 Å². The number of aromatic nitrogens is 2. The van der Waals surface area contributed by atoms with Crippen molar-refractivity contribution in [1.82, 2.24) is 9.97 Å². The van der Waals surface area contributed by atoms with Crippen molar-refractivity contribution >= 4 is 0 Å². The molecule has 0 amide bonds. The zero-order chi connectivity index (χ0) is 14.4. The van der Waals surface area contributed by atoms with E-state index in [0.717, 1.165) is 25.0 Å². The van der Waals surface area contributed by atoms with Crippen LogP contribution >= 0.6 is 0 Å². The van der Waals surface area contributed by atoms with Gasteiger partial charge in [-0.3, -0.25) is 4.74 Å². The van der Waals surface area contributed by atoms with Crippen molar-refractivity contribution < 1.29 is 22.6 Å². The van der Waals surface area contributed by atoms with Crippen LogP contribution < -0.4 is 10.5 Å². The molecule has 2 N–H and O–H groups in total. The zero-order valence-corrected chi connectivity index (χ0v) is 10.6. The van der Waals surface area contributed by atoms with E-state index in [4.69, 9.17) is 10.5 Å². The minimum absolute atomic E-state index is 0.0261. The lowest BCUT2D eigenvalue weighted by Crippen LogP contribution is -2.74. The highest BCUT2D eigenvalue weighted by atomic mass is 19.4. The van der Waals surface area contributed by atoms with E-state index in [0.29, 0.717) is 0 Å². The molecule has 20 heavy (non-hydrogen) atoms. The van der Waals surface area contributed by atoms with Crippen LogP contribution in [0.2, 0.25) is 0 Å². The molecule has 0 saturated heterocycles. The van der Waals surface area contributed by atoms with Crippen LogP contribution in [0.15, 0.2) is 12.3 Å². The minimum atomic E-state index is -4.65. The van der Waals surface area contributed by atoms with E-state index in [2.05, 4.69) is 14.7 Å². The molecule has 3 aliphatic rings. The Morgan fingerprint density at radius 1 is 1.25 bits per heavy atom. The summed E-state index contributed by atoms with van der Waals surface area (Å²) in [4.78, 5) is 8.12. The Kier molecular flexibility index (Phi) is 2.91. The van der Waals surface area contributed by atoms with Crippen molar-refractivity contribution in [2.24, 2.45) is 5.73 Å². The van der Waals surface area contributed by atoms with Gasteiger partial charge in [-0.05, 0) is 25.3 Å². The van der Waals surface area contributed by atoms with Crippen LogP contribution in [0.25, 0.3) is 0 Å². The normalized spacial score (nSPS) is 31.4. The summed E-state index contributed by atoms with van der Waals surface area (Å²) < 4.78 is 44.0. The smallest absolute Gasteiger partial charge is 0.461 e. The Balaban J connectivity index is 1.53. The van der Waals surface area contributed by atoms with Gasteiger partial charge in [-0.25, -0.2) is 4.98 Å². The van der Waals surface area contributed by atoms with Gasteiger partial charge in [-0.2, -0.15) is 4.98 Å². The monoisotopic (exact) mass is 289 g/mol. The summed E-state index contributed by atoms with van der Waals surface area (Å²) >= 11 is 0. The summed E-state index contributed by atoms with van der Waals surface area (Å²) in [6.07, 6.45) is -0.409. The van der Waals surface area contributed by atoms with E-state index in [1.54, 1.807) is 12.3 Å². The van der Waals surface area contributed by atoms with Crippen LogP contribution in [0.4, 0.5) is 13.2 Å². The Morgan fingerprint density at radius 2 is 1.95 bits per heavy atom. The third-order valence-electron chi connectivity index (χ3n) is 3.83. The van der Waals surface area contributed by atoms with Crippen molar-refractivity contribution in [2.45, 2.75) is 36.6 Å². The number of rotatable bonds is 5. The first-order chi connectivity index (χ1) is 9.30. The Bertz CT molecular complexity index is 501. The molecule has 0 aromatic carbocycles. The first-order valence-electron chi connectivity index (χ1n) is 6.26. The van der Waals surface area contributed by atoms with Crippen LogP contribution in [-0.2, 0) is 10.2 Å². The molecule has 0 spiro atoms. The van der Waals surface area contributed by atoms with Crippen molar-refractivity contribution in [1.29, 1.82) is 0 Å². The van der Waals surface area contributed by atoms with Gasteiger partial charge in [0.25, 0.3) is 0 Å². The maximum absolute atomic E-state index is 11.8. The van der Waals surface area contributed by atoms with Crippen molar-refractivity contribution in [3.8, 4) is 6.01 Å². The van der Waals surface area contributed by atoms with Gasteiger partial charge in [0.1, 0.15) is 6.61 Å². The van der Waals surface area contributed by atoms with E-state index >= 15 is 0 Å². The number of nitrogens with zero attached hydrogens (tertiary/aromatic N) is 2. The number of nitrogens with two attached hydrogens (primary N) is 1. The quantitative estimate of drug-likeness (QED) is 0.832. The first-order valence-corrected chi connectivity index (χ1v) is 6.26. The molecule has 2 bridgehead atoms. The number of hydrogen-bond donors (Lipinski definition) is 1. The van der Waals surface area contributed by atoms with Gasteiger partial charge in [0, 0.05) is 17.2 Å². The summed E-state index contributed by atoms with van der Waals surface area (Å²) in [6, 6.07) is 1.88. The van der Waals surface area contributed by atoms with Crippen LogP contribution in [0.1, 0.15) is 25.0 Å². The number of alkyl halides is 3. The van der Waals surface area contributed by atoms with E-state index < -0.39 is 13.0 Å². The van der Waals surface area contributed by atoms with Crippen molar-refractivity contribution in [3.63, 3.8) is 0 Å². The van der Waals surface area contributed by atoms with E-state index in [1.165, 1.54) is 0 Å². The van der Waals surface area contributed by atoms with Gasteiger partial charge in [0.05, 0.1) is 12.3 Å². The molecule has 1 aromatic heterocycles. The predicted molar refractivity (Wildman–Crippen MR) is 62.0 cm³/mol. The van der Waals surface area contributed by atoms with Gasteiger partial charge in [0.2, 0.25) is 0 Å². The van der Waals surface area contributed by atoms with Gasteiger partial charge >= 0.3 is 12.4 Å². The summed E-state index contributed by atoms with van der Waals surface area (Å²) in [5.41, 5.74) is 6.83. The lowest BCUT2D eigenvalue weighted by molar-refractivity contribution is -0.325. The second kappa shape index (κ2) is 4.29. The molecule has 5 nitrogen and oxygen atoms in total. The van der Waals surface area contributed by atoms with Gasteiger partial charge in [-0.1, -0.05) is 0 Å². The Labute approximate surface area is 113 Å². The lowest BCUT2D eigenvalue weighted by atomic mass is 9.39. The largest absolute Gasteiger partial charge is 0.522 e. The van der Waals surface area contributed by atoms with Crippen LogP contribution in [-0.4, -0.2) is 35.1 Å². The SMILES string of the molecule is NC12CC(c3ccnc(OCCOC(F)(F)F)n3)(C1)C2. The molecular formula is C12H14F3N3O2. The maximum Gasteiger partial charge on any atom is 0.522 e. The van der Waals surface area contributed by atoms with Gasteiger partial charge in [-0.15, -0.1) is 13.2 Å². The standard InChI is InChI=1S/C12H14F3N3O2/c13-12(14,15)20-4-3-19-9-17-2-1-8(18-9)10-5-11(16,6-10)7-10/h1-2H,3-7,16H2. The molecule has 0 unspecified atom stereocenters. The molecule has 3 aliphatic carbocycles. The fourth-order valence-electron chi connectivity index (χ4n) is 3.13. The molecule has 1 heterocycles. The van der Waals surface area contributed by atoms with E-state index in [1.807, 2.05) is 0 Å². The van der Waals surface area contributed by atoms with Crippen LogP contribution in [0.5, 0.6) is 6.01 Å². The lowest BCUT2D eigenvalue weighted by Gasteiger charge is -2.68. The molecule has 1 aromatic rings. The highest BCUT2D eigenvalue weighted by molar-refractivity contribution is 5.37. The molecule has 8 heteroatoms. The Morgan fingerprint density at radius 3 is 2.55 bits per heavy atom. The number of ether oxygens (including phenoxy) is 2. The molecule has 0 radical (unpaired) electrons. The third kappa shape index (κ3) is 2.45. The molecular weight excluding hydrogens is 275 g/mol. The molecule has 4 rings (SSSR count). The molecule has 0 aliphatic heterocycles. The minimum Gasteiger partial charge on any atom is -0.461 e. The second-order valence-corrected chi connectivity index (χ2v) is 5.54. The highest BCUT2D eigenvalue weighted by Crippen LogP contribution is 2.65. The van der Waals surface area contributed by atoms with Crippen molar-refractivity contribution in [2.75, 3.05) is 13.2 Å². The third-order valence-corrected chi connectivity index (χ3v) is 3.83.